The molecule has 2 aromatic rings. The van der Waals surface area contributed by atoms with Gasteiger partial charge in [-0.05, 0) is 29.5 Å². The summed E-state index contributed by atoms with van der Waals surface area (Å²) in [5.74, 6) is -0.399. The highest BCUT2D eigenvalue weighted by Gasteiger charge is 2.18. The fraction of sp³-hybridized carbons (Fsp3) is 0.273. The van der Waals surface area contributed by atoms with E-state index in [1.807, 2.05) is 67.6 Å². The molecule has 0 radical (unpaired) electrons. The van der Waals surface area contributed by atoms with Gasteiger partial charge in [-0.1, -0.05) is 69.3 Å². The number of hydrogen-bond acceptors (Lipinski definition) is 3. The molecule has 4 nitrogen and oxygen atoms in total. The Bertz CT molecular complexity index is 826. The second-order valence-electron chi connectivity index (χ2n) is 7.22. The summed E-state index contributed by atoms with van der Waals surface area (Å²) in [5, 5.41) is 15.3. The van der Waals surface area contributed by atoms with Crippen molar-refractivity contribution < 1.29 is 4.79 Å². The van der Waals surface area contributed by atoms with Crippen molar-refractivity contribution in [3.05, 3.63) is 77.5 Å². The number of carbonyl (C=O) groups excluding carboxylic acids is 1. The molecular weight excluding hydrogens is 322 g/mol. The number of carbonyl (C=O) groups is 1. The fourth-order valence-electron chi connectivity index (χ4n) is 2.66. The number of benzene rings is 2. The molecule has 0 saturated carbocycles. The molecule has 0 aliphatic carbocycles. The summed E-state index contributed by atoms with van der Waals surface area (Å²) in [4.78, 5) is 12.4. The third kappa shape index (κ3) is 4.97. The van der Waals surface area contributed by atoms with Crippen LogP contribution in [0.2, 0.25) is 0 Å². The number of hydrogen-bond donors (Lipinski definition) is 2. The molecule has 26 heavy (non-hydrogen) atoms. The van der Waals surface area contributed by atoms with Crippen LogP contribution in [0.1, 0.15) is 44.9 Å². The summed E-state index contributed by atoms with van der Waals surface area (Å²) >= 11 is 0. The van der Waals surface area contributed by atoms with E-state index < -0.39 is 5.91 Å². The van der Waals surface area contributed by atoms with Crippen molar-refractivity contribution in [1.29, 1.82) is 5.26 Å². The van der Waals surface area contributed by atoms with Crippen LogP contribution >= 0.6 is 0 Å². The quantitative estimate of drug-likeness (QED) is 0.609. The molecule has 1 amide bonds. The minimum absolute atomic E-state index is 0.0384. The van der Waals surface area contributed by atoms with Gasteiger partial charge in [0.2, 0.25) is 0 Å². The van der Waals surface area contributed by atoms with Gasteiger partial charge >= 0.3 is 0 Å². The third-order valence-corrected chi connectivity index (χ3v) is 4.12. The van der Waals surface area contributed by atoms with E-state index in [9.17, 15) is 10.1 Å². The van der Waals surface area contributed by atoms with E-state index in [2.05, 4.69) is 31.4 Å². The van der Waals surface area contributed by atoms with Gasteiger partial charge in [-0.25, -0.2) is 0 Å². The molecule has 2 N–H and O–H groups in total. The van der Waals surface area contributed by atoms with E-state index in [-0.39, 0.29) is 17.0 Å². The molecule has 4 heteroatoms. The molecule has 0 saturated heterocycles. The van der Waals surface area contributed by atoms with Gasteiger partial charge in [-0.3, -0.25) is 4.79 Å². The predicted molar refractivity (Wildman–Crippen MR) is 105 cm³/mol. The van der Waals surface area contributed by atoms with Crippen molar-refractivity contribution >= 4 is 11.6 Å². The summed E-state index contributed by atoms with van der Waals surface area (Å²) in [5.41, 5.74) is 2.98. The molecule has 0 heterocycles. The van der Waals surface area contributed by atoms with E-state index in [0.717, 1.165) is 16.8 Å². The van der Waals surface area contributed by atoms with Crippen LogP contribution in [-0.2, 0) is 10.2 Å². The summed E-state index contributed by atoms with van der Waals surface area (Å²) < 4.78 is 0. The van der Waals surface area contributed by atoms with Crippen molar-refractivity contribution in [2.45, 2.75) is 39.2 Å². The lowest BCUT2D eigenvalue weighted by atomic mass is 9.86. The molecule has 1 atom stereocenters. The second kappa shape index (κ2) is 8.35. The Labute approximate surface area is 155 Å². The van der Waals surface area contributed by atoms with Crippen LogP contribution in [0.3, 0.4) is 0 Å². The molecule has 0 aliphatic rings. The smallest absolute Gasteiger partial charge is 0.263 e. The van der Waals surface area contributed by atoms with Crippen LogP contribution < -0.4 is 10.6 Å². The summed E-state index contributed by atoms with van der Waals surface area (Å²) in [6.45, 7) is 8.26. The molecule has 0 aromatic heterocycles. The Morgan fingerprint density at radius 3 is 2.31 bits per heavy atom. The van der Waals surface area contributed by atoms with Gasteiger partial charge in [0.15, 0.2) is 0 Å². The number of para-hydroxylation sites is 1. The van der Waals surface area contributed by atoms with Crippen LogP contribution in [0.25, 0.3) is 0 Å². The highest BCUT2D eigenvalue weighted by atomic mass is 16.1. The number of nitrogens with zero attached hydrogens (tertiary/aromatic N) is 1. The van der Waals surface area contributed by atoms with Crippen LogP contribution in [-0.4, -0.2) is 5.91 Å². The van der Waals surface area contributed by atoms with Crippen molar-refractivity contribution in [2.24, 2.45) is 0 Å². The normalized spacial score (nSPS) is 12.8. The average Bonchev–Trinajstić information content (AvgIpc) is 2.62. The predicted octanol–water partition coefficient (Wildman–Crippen LogP) is 4.68. The molecule has 0 bridgehead atoms. The highest BCUT2D eigenvalue weighted by Crippen LogP contribution is 2.29. The van der Waals surface area contributed by atoms with Crippen LogP contribution in [0.15, 0.2) is 66.4 Å². The summed E-state index contributed by atoms with van der Waals surface area (Å²) in [7, 11) is 0. The van der Waals surface area contributed by atoms with E-state index in [1.165, 1.54) is 6.20 Å². The zero-order valence-electron chi connectivity index (χ0n) is 15.7. The maximum Gasteiger partial charge on any atom is 0.263 e. The standard InChI is InChI=1S/C22H25N3O/c1-16(17-10-6-5-7-11-17)25-21(26)18(14-23)15-24-20-13-9-8-12-19(20)22(2,3)4/h5-13,15-16,24H,1-4H3,(H,25,26)/b18-15-. The Kier molecular flexibility index (Phi) is 6.19. The number of nitriles is 1. The van der Waals surface area contributed by atoms with Crippen LogP contribution in [0.5, 0.6) is 0 Å². The number of anilines is 1. The Morgan fingerprint density at radius 1 is 1.08 bits per heavy atom. The molecule has 134 valence electrons. The first kappa shape index (κ1) is 19.3. The maximum absolute atomic E-state index is 12.4. The first-order chi connectivity index (χ1) is 12.3. The summed E-state index contributed by atoms with van der Waals surface area (Å²) in [6, 6.07) is 19.3. The Hall–Kier alpha value is -3.06. The fourth-order valence-corrected chi connectivity index (χ4v) is 2.66. The number of amides is 1. The number of rotatable bonds is 5. The number of nitrogens with one attached hydrogen (secondary N) is 2. The van der Waals surface area contributed by atoms with E-state index in [1.54, 1.807) is 0 Å². The highest BCUT2D eigenvalue weighted by molar-refractivity contribution is 5.97. The van der Waals surface area contributed by atoms with Gasteiger partial charge in [-0.15, -0.1) is 0 Å². The van der Waals surface area contributed by atoms with Gasteiger partial charge in [0, 0.05) is 11.9 Å². The lowest BCUT2D eigenvalue weighted by Gasteiger charge is -2.22. The van der Waals surface area contributed by atoms with E-state index in [0.29, 0.717) is 0 Å². The lowest BCUT2D eigenvalue weighted by Crippen LogP contribution is -2.28. The first-order valence-electron chi connectivity index (χ1n) is 8.65. The SMILES string of the molecule is CC(NC(=O)/C(C#N)=C\Nc1ccccc1C(C)(C)C)c1ccccc1. The van der Waals surface area contributed by atoms with Crippen LogP contribution in [0.4, 0.5) is 5.69 Å². The molecule has 0 aliphatic heterocycles. The minimum atomic E-state index is -0.399. The topological polar surface area (TPSA) is 64.9 Å². The van der Waals surface area contributed by atoms with Crippen molar-refractivity contribution in [3.8, 4) is 6.07 Å². The van der Waals surface area contributed by atoms with Crippen LogP contribution in [0, 0.1) is 11.3 Å². The maximum atomic E-state index is 12.4. The van der Waals surface area contributed by atoms with Gasteiger partial charge in [0.1, 0.15) is 11.6 Å². The van der Waals surface area contributed by atoms with Crippen molar-refractivity contribution in [3.63, 3.8) is 0 Å². The molecule has 0 fully saturated rings. The Morgan fingerprint density at radius 2 is 1.69 bits per heavy atom. The van der Waals surface area contributed by atoms with Gasteiger partial charge < -0.3 is 10.6 Å². The third-order valence-electron chi connectivity index (χ3n) is 4.12. The molecule has 2 aromatic carbocycles. The van der Waals surface area contributed by atoms with Gasteiger partial charge in [-0.2, -0.15) is 5.26 Å². The lowest BCUT2D eigenvalue weighted by molar-refractivity contribution is -0.117. The Balaban J connectivity index is 2.14. The first-order valence-corrected chi connectivity index (χ1v) is 8.65. The van der Waals surface area contributed by atoms with E-state index in [4.69, 9.17) is 0 Å². The van der Waals surface area contributed by atoms with Crippen molar-refractivity contribution in [1.82, 2.24) is 5.32 Å². The van der Waals surface area contributed by atoms with Gasteiger partial charge in [0.25, 0.3) is 5.91 Å². The minimum Gasteiger partial charge on any atom is -0.360 e. The average molecular weight is 347 g/mol. The summed E-state index contributed by atoms with van der Waals surface area (Å²) in [6.07, 6.45) is 1.47. The largest absolute Gasteiger partial charge is 0.360 e. The second-order valence-corrected chi connectivity index (χ2v) is 7.22. The zero-order valence-corrected chi connectivity index (χ0v) is 15.7. The molecule has 0 spiro atoms. The monoisotopic (exact) mass is 347 g/mol. The molecule has 1 unspecified atom stereocenters. The molecular formula is C22H25N3O. The van der Waals surface area contributed by atoms with Gasteiger partial charge in [0.05, 0.1) is 6.04 Å². The molecule has 2 rings (SSSR count). The van der Waals surface area contributed by atoms with E-state index >= 15 is 0 Å². The zero-order chi connectivity index (χ0) is 19.2. The van der Waals surface area contributed by atoms with Crippen molar-refractivity contribution in [2.75, 3.05) is 5.32 Å².